The van der Waals surface area contributed by atoms with Crippen molar-refractivity contribution in [1.82, 2.24) is 36.6 Å². The van der Waals surface area contributed by atoms with Gasteiger partial charge in [-0.15, -0.1) is 0 Å². The second kappa shape index (κ2) is 7.86. The Hall–Kier alpha value is -0.880. The molecule has 0 aromatic heterocycles. The number of carbonyl (C=O) groups excluding carboxylic acids is 1. The van der Waals surface area contributed by atoms with Gasteiger partial charge >= 0.3 is 0 Å². The smallest absolute Gasteiger partial charge is 0.229 e. The van der Waals surface area contributed by atoms with Crippen LogP contribution in [0.4, 0.5) is 4.39 Å². The number of amides is 1. The first kappa shape index (κ1) is 19.4. The van der Waals surface area contributed by atoms with Crippen molar-refractivity contribution < 1.29 is 9.18 Å². The molecule has 4 fully saturated rings. The third kappa shape index (κ3) is 3.71. The topological polar surface area (TPSA) is 110 Å². The van der Waals surface area contributed by atoms with Gasteiger partial charge in [-0.05, 0) is 32.9 Å². The van der Waals surface area contributed by atoms with Crippen molar-refractivity contribution in [3.05, 3.63) is 0 Å². The molecule has 7 N–H and O–H groups in total. The number of likely N-dealkylation sites (N-methyl/N-ethyl adjacent to an activating group) is 1. The molecule has 8 unspecified atom stereocenters. The van der Waals surface area contributed by atoms with Gasteiger partial charge in [-0.3, -0.25) is 15.0 Å². The number of halogens is 1. The number of hydrogen-bond donors (Lipinski definition) is 6. The summed E-state index contributed by atoms with van der Waals surface area (Å²) in [6.07, 6.45) is -0.714. The quantitative estimate of drug-likeness (QED) is 0.312. The van der Waals surface area contributed by atoms with Crippen molar-refractivity contribution in [3.63, 3.8) is 0 Å². The van der Waals surface area contributed by atoms with Crippen LogP contribution in [0.25, 0.3) is 0 Å². The lowest BCUT2D eigenvalue weighted by molar-refractivity contribution is -0.128. The first-order chi connectivity index (χ1) is 13.0. The lowest BCUT2D eigenvalue weighted by atomic mass is 9.82. The van der Waals surface area contributed by atoms with Gasteiger partial charge in [0.1, 0.15) is 6.17 Å². The number of piperidine rings is 1. The van der Waals surface area contributed by atoms with Gasteiger partial charge in [0.25, 0.3) is 0 Å². The highest BCUT2D eigenvalue weighted by Crippen LogP contribution is 2.27. The van der Waals surface area contributed by atoms with Gasteiger partial charge in [0.05, 0.1) is 18.2 Å². The maximum absolute atomic E-state index is 13.6. The highest BCUT2D eigenvalue weighted by atomic mass is 19.1. The first-order valence-corrected chi connectivity index (χ1v) is 10.1. The molecule has 10 heteroatoms. The molecule has 9 nitrogen and oxygen atoms in total. The molecule has 1 amide bonds. The van der Waals surface area contributed by atoms with E-state index in [2.05, 4.69) is 45.6 Å². The molecule has 0 radical (unpaired) electrons. The van der Waals surface area contributed by atoms with E-state index in [1.165, 1.54) is 0 Å². The number of hydrogen-bond acceptors (Lipinski definition) is 8. The van der Waals surface area contributed by atoms with Gasteiger partial charge in [-0.2, -0.15) is 0 Å². The van der Waals surface area contributed by atoms with Crippen LogP contribution in [0.1, 0.15) is 13.3 Å². The summed E-state index contributed by atoms with van der Waals surface area (Å²) in [6, 6.07) is 0.842. The molecule has 4 saturated heterocycles. The molecule has 4 rings (SSSR count). The predicted molar refractivity (Wildman–Crippen MR) is 99.9 cm³/mol. The van der Waals surface area contributed by atoms with Crippen LogP contribution < -0.4 is 32.4 Å². The van der Waals surface area contributed by atoms with E-state index < -0.39 is 18.3 Å². The number of hydrazine groups is 1. The molecule has 8 atom stereocenters. The average Bonchev–Trinajstić information content (AvgIpc) is 3.13. The molecular weight excluding hydrogens is 351 g/mol. The summed E-state index contributed by atoms with van der Waals surface area (Å²) in [5.41, 5.74) is 9.23. The number of fused-ring (bicyclic) bond motifs is 1. The summed E-state index contributed by atoms with van der Waals surface area (Å²) in [6.45, 7) is 5.32. The molecular formula is C17H33FN8O. The van der Waals surface area contributed by atoms with Crippen molar-refractivity contribution in [3.8, 4) is 0 Å². The van der Waals surface area contributed by atoms with Crippen LogP contribution in [0, 0.1) is 11.8 Å². The number of carbonyl (C=O) groups is 1. The van der Waals surface area contributed by atoms with Crippen LogP contribution in [0.15, 0.2) is 0 Å². The molecule has 154 valence electrons. The number of nitrogens with zero attached hydrogens (tertiary/aromatic N) is 2. The van der Waals surface area contributed by atoms with Crippen molar-refractivity contribution in [1.29, 1.82) is 0 Å². The molecule has 0 saturated carbocycles. The summed E-state index contributed by atoms with van der Waals surface area (Å²) in [4.78, 5) is 15.5. The second-order valence-electron chi connectivity index (χ2n) is 8.45. The molecule has 4 heterocycles. The maximum atomic E-state index is 13.6. The van der Waals surface area contributed by atoms with E-state index >= 15 is 0 Å². The number of alkyl halides is 1. The van der Waals surface area contributed by atoms with Crippen molar-refractivity contribution in [2.24, 2.45) is 17.6 Å². The minimum Gasteiger partial charge on any atom is -0.351 e. The Morgan fingerprint density at radius 1 is 1.30 bits per heavy atom. The van der Waals surface area contributed by atoms with E-state index in [4.69, 9.17) is 5.73 Å². The lowest BCUT2D eigenvalue weighted by Crippen LogP contribution is -2.62. The largest absolute Gasteiger partial charge is 0.351 e. The highest BCUT2D eigenvalue weighted by Gasteiger charge is 2.48. The summed E-state index contributed by atoms with van der Waals surface area (Å²) in [5, 5.41) is 15.0. The minimum absolute atomic E-state index is 0.0554. The number of rotatable bonds is 3. The van der Waals surface area contributed by atoms with E-state index in [9.17, 15) is 9.18 Å². The Morgan fingerprint density at radius 2 is 2.11 bits per heavy atom. The fraction of sp³-hybridized carbons (Fsp3) is 0.941. The zero-order chi connectivity index (χ0) is 19.1. The summed E-state index contributed by atoms with van der Waals surface area (Å²) in [5.74, 6) is -0.134. The molecule has 0 aromatic carbocycles. The monoisotopic (exact) mass is 384 g/mol. The van der Waals surface area contributed by atoms with Crippen molar-refractivity contribution >= 4 is 5.91 Å². The highest BCUT2D eigenvalue weighted by molar-refractivity contribution is 5.80. The summed E-state index contributed by atoms with van der Waals surface area (Å²) >= 11 is 0. The van der Waals surface area contributed by atoms with Gasteiger partial charge in [0.2, 0.25) is 5.91 Å². The van der Waals surface area contributed by atoms with Crippen LogP contribution in [-0.2, 0) is 4.79 Å². The van der Waals surface area contributed by atoms with Crippen LogP contribution in [0.2, 0.25) is 0 Å². The minimum atomic E-state index is -0.957. The van der Waals surface area contributed by atoms with Crippen LogP contribution in [0.5, 0.6) is 0 Å². The maximum Gasteiger partial charge on any atom is 0.229 e. The van der Waals surface area contributed by atoms with Crippen LogP contribution in [-0.4, -0.2) is 92.3 Å². The van der Waals surface area contributed by atoms with Crippen molar-refractivity contribution in [2.75, 3.05) is 39.9 Å². The Bertz CT molecular complexity index is 543. The number of nitrogens with two attached hydrogens (primary N) is 1. The zero-order valence-corrected chi connectivity index (χ0v) is 16.1. The Labute approximate surface area is 159 Å². The second-order valence-corrected chi connectivity index (χ2v) is 8.45. The summed E-state index contributed by atoms with van der Waals surface area (Å²) < 4.78 is 13.6. The van der Waals surface area contributed by atoms with Gasteiger partial charge in [-0.1, -0.05) is 0 Å². The lowest BCUT2D eigenvalue weighted by Gasteiger charge is -2.41. The molecule has 0 aliphatic carbocycles. The normalized spacial score (nSPS) is 46.4. The molecule has 0 spiro atoms. The van der Waals surface area contributed by atoms with E-state index in [1.54, 1.807) is 5.01 Å². The molecule has 4 aliphatic heterocycles. The van der Waals surface area contributed by atoms with Gasteiger partial charge in [0.15, 0.2) is 0 Å². The molecule has 4 aliphatic rings. The average molecular weight is 385 g/mol. The molecule has 0 aromatic rings. The van der Waals surface area contributed by atoms with E-state index in [-0.39, 0.29) is 31.2 Å². The predicted octanol–water partition coefficient (Wildman–Crippen LogP) is -2.68. The standard InChI is InChI=1S/C17H33FN8O/c1-9-14(25(2)8-22-9)11-3-4-20-6-12(11)23-17(27)13-15(19)24-26-7-10(18)5-21-16(13)26/h9-16,20-22,24H,3-8,19H2,1-2H3,(H,23,27). The molecule has 0 bridgehead atoms. The Kier molecular flexibility index (Phi) is 5.66. The van der Waals surface area contributed by atoms with Crippen LogP contribution in [0.3, 0.4) is 0 Å². The van der Waals surface area contributed by atoms with E-state index in [0.29, 0.717) is 18.0 Å². The SMILES string of the molecule is CC1NCN(C)C1C1CCNCC1NC(=O)C1C(N)NN2CC(F)CNC12. The fourth-order valence-electron chi connectivity index (χ4n) is 5.30. The fourth-order valence-corrected chi connectivity index (χ4v) is 5.30. The van der Waals surface area contributed by atoms with E-state index in [0.717, 1.165) is 26.2 Å². The van der Waals surface area contributed by atoms with Crippen molar-refractivity contribution in [2.45, 2.75) is 50.0 Å². The Morgan fingerprint density at radius 3 is 2.85 bits per heavy atom. The van der Waals surface area contributed by atoms with Gasteiger partial charge in [0, 0.05) is 44.4 Å². The van der Waals surface area contributed by atoms with Gasteiger partial charge < -0.3 is 21.7 Å². The first-order valence-electron chi connectivity index (χ1n) is 10.1. The van der Waals surface area contributed by atoms with Gasteiger partial charge in [-0.25, -0.2) is 14.8 Å². The third-order valence-electron chi connectivity index (χ3n) is 6.61. The third-order valence-corrected chi connectivity index (χ3v) is 6.61. The number of nitrogens with one attached hydrogen (secondary N) is 5. The summed E-state index contributed by atoms with van der Waals surface area (Å²) in [7, 11) is 2.14. The zero-order valence-electron chi connectivity index (χ0n) is 16.1. The molecule has 27 heavy (non-hydrogen) atoms. The Balaban J connectivity index is 1.44. The van der Waals surface area contributed by atoms with Crippen LogP contribution >= 0.6 is 0 Å². The van der Waals surface area contributed by atoms with E-state index in [1.807, 2.05) is 0 Å².